The fraction of sp³-hybridized carbons (Fsp3) is 0.300. The van der Waals surface area contributed by atoms with Crippen molar-refractivity contribution in [3.63, 3.8) is 0 Å². The number of imidazole rings is 1. The van der Waals surface area contributed by atoms with Crippen molar-refractivity contribution >= 4 is 16.9 Å². The molecule has 166 valence electrons. The van der Waals surface area contributed by atoms with Gasteiger partial charge in [-0.1, -0.05) is 5.16 Å². The largest absolute Gasteiger partial charge is 0.338 e. The number of nitrogens with zero attached hydrogens (tertiary/aromatic N) is 6. The normalized spacial score (nSPS) is 15.9. The third kappa shape index (κ3) is 4.74. The van der Waals surface area contributed by atoms with Gasteiger partial charge in [0.2, 0.25) is 23.0 Å². The second-order valence-corrected chi connectivity index (χ2v) is 8.27. The van der Waals surface area contributed by atoms with Crippen LogP contribution in [0.25, 0.3) is 28.3 Å². The molecule has 0 aliphatic carbocycles. The summed E-state index contributed by atoms with van der Waals surface area (Å²) in [6, 6.07) is 9.41. The monoisotopic (exact) mass is 454 g/mol. The first-order valence-corrected chi connectivity index (χ1v) is 11.3. The van der Waals surface area contributed by atoms with Crippen LogP contribution in [-0.4, -0.2) is 64.6 Å². The number of nitrogens with one attached hydrogen (secondary N) is 2. The van der Waals surface area contributed by atoms with Crippen LogP contribution >= 0.6 is 0 Å². The van der Waals surface area contributed by atoms with Gasteiger partial charge in [0.1, 0.15) is 0 Å². The maximum Gasteiger partial charge on any atom is 0.241 e. The van der Waals surface area contributed by atoms with Gasteiger partial charge in [-0.25, -0.2) is 18.4 Å². The lowest BCUT2D eigenvalue weighted by atomic mass is 10.0. The highest BCUT2D eigenvalue weighted by molar-refractivity contribution is 7.77. The number of rotatable bonds is 7. The Morgan fingerprint density at radius 1 is 1.19 bits per heavy atom. The lowest BCUT2D eigenvalue weighted by Crippen LogP contribution is -2.42. The van der Waals surface area contributed by atoms with E-state index in [0.29, 0.717) is 18.3 Å². The molecule has 3 N–H and O–H groups in total. The molecule has 0 saturated carbocycles. The molecule has 0 amide bonds. The number of fused-ring (bicyclic) bond motifs is 1. The average molecular weight is 455 g/mol. The summed E-state index contributed by atoms with van der Waals surface area (Å²) in [6.07, 6.45) is 3.53. The van der Waals surface area contributed by atoms with E-state index >= 15 is 0 Å². The van der Waals surface area contributed by atoms with E-state index in [1.54, 1.807) is 10.7 Å². The molecule has 4 heterocycles. The second kappa shape index (κ2) is 9.22. The number of benzene rings is 1. The van der Waals surface area contributed by atoms with Gasteiger partial charge < -0.3 is 9.84 Å². The van der Waals surface area contributed by atoms with Gasteiger partial charge in [0.05, 0.1) is 18.4 Å². The molecule has 12 heteroatoms. The molecular weight excluding hydrogens is 432 g/mol. The van der Waals surface area contributed by atoms with Gasteiger partial charge in [-0.2, -0.15) is 10.1 Å². The van der Waals surface area contributed by atoms with Crippen LogP contribution in [0.4, 0.5) is 0 Å². The van der Waals surface area contributed by atoms with Crippen LogP contribution in [0.2, 0.25) is 0 Å². The quantitative estimate of drug-likeness (QED) is 0.351. The van der Waals surface area contributed by atoms with Crippen LogP contribution in [0.3, 0.4) is 0 Å². The Balaban J connectivity index is 1.47. The van der Waals surface area contributed by atoms with Crippen molar-refractivity contribution in [3.8, 4) is 22.6 Å². The highest BCUT2D eigenvalue weighted by Gasteiger charge is 2.17. The van der Waals surface area contributed by atoms with E-state index in [4.69, 9.17) is 9.08 Å². The molecule has 1 unspecified atom stereocenters. The smallest absolute Gasteiger partial charge is 0.241 e. The molecule has 11 nitrogen and oxygen atoms in total. The number of piperazine rings is 1. The second-order valence-electron chi connectivity index (χ2n) is 7.48. The summed E-state index contributed by atoms with van der Waals surface area (Å²) < 4.78 is 30.0. The van der Waals surface area contributed by atoms with E-state index in [9.17, 15) is 4.21 Å². The van der Waals surface area contributed by atoms with E-state index in [0.717, 1.165) is 54.2 Å². The Labute approximate surface area is 186 Å². The highest BCUT2D eigenvalue weighted by Crippen LogP contribution is 2.27. The molecular formula is C20H22N8O3S. The third-order valence-corrected chi connectivity index (χ3v) is 5.61. The van der Waals surface area contributed by atoms with Crippen LogP contribution in [-0.2, 0) is 24.4 Å². The Bertz CT molecular complexity index is 1220. The van der Waals surface area contributed by atoms with E-state index in [1.807, 2.05) is 36.5 Å². The SMILES string of the molecule is O=S(O)NCc1cc(-c2cn3ncccc3n2)cc(-c2noc(CN3CCNCC3)n2)c1. The summed E-state index contributed by atoms with van der Waals surface area (Å²) in [6.45, 7) is 4.55. The molecule has 1 fully saturated rings. The molecule has 4 aromatic rings. The molecule has 1 saturated heterocycles. The topological polar surface area (TPSA) is 134 Å². The van der Waals surface area contributed by atoms with E-state index in [2.05, 4.69) is 35.2 Å². The van der Waals surface area contributed by atoms with Gasteiger partial charge >= 0.3 is 0 Å². The maximum absolute atomic E-state index is 11.1. The lowest BCUT2D eigenvalue weighted by molar-refractivity contribution is 0.203. The van der Waals surface area contributed by atoms with Crippen molar-refractivity contribution in [2.75, 3.05) is 26.2 Å². The van der Waals surface area contributed by atoms with Crippen LogP contribution in [0.5, 0.6) is 0 Å². The molecule has 1 aromatic carbocycles. The van der Waals surface area contributed by atoms with Gasteiger partial charge in [-0.05, 0) is 35.9 Å². The van der Waals surface area contributed by atoms with Crippen LogP contribution in [0.1, 0.15) is 11.5 Å². The molecule has 0 spiro atoms. The Hall–Kier alpha value is -3.03. The first kappa shape index (κ1) is 20.8. The lowest BCUT2D eigenvalue weighted by Gasteiger charge is -2.25. The zero-order chi connectivity index (χ0) is 21.9. The molecule has 0 radical (unpaired) electrons. The van der Waals surface area contributed by atoms with Crippen molar-refractivity contribution in [2.24, 2.45) is 0 Å². The van der Waals surface area contributed by atoms with E-state index in [-0.39, 0.29) is 6.54 Å². The molecule has 5 rings (SSSR count). The third-order valence-electron chi connectivity index (χ3n) is 5.22. The molecule has 1 atom stereocenters. The minimum atomic E-state index is -2.12. The Kier molecular flexibility index (Phi) is 6.01. The Morgan fingerprint density at radius 3 is 2.84 bits per heavy atom. The zero-order valence-corrected chi connectivity index (χ0v) is 18.0. The molecule has 3 aromatic heterocycles. The number of aromatic nitrogens is 5. The summed E-state index contributed by atoms with van der Waals surface area (Å²) in [5.41, 5.74) is 3.80. The van der Waals surface area contributed by atoms with Gasteiger partial charge in [0, 0.05) is 50.0 Å². The van der Waals surface area contributed by atoms with Gasteiger partial charge in [0.15, 0.2) is 5.65 Å². The number of hydrogen-bond donors (Lipinski definition) is 3. The summed E-state index contributed by atoms with van der Waals surface area (Å²) in [5.74, 6) is 1.02. The van der Waals surface area contributed by atoms with E-state index < -0.39 is 11.3 Å². The van der Waals surface area contributed by atoms with Crippen molar-refractivity contribution in [2.45, 2.75) is 13.1 Å². The predicted molar refractivity (Wildman–Crippen MR) is 117 cm³/mol. The first-order valence-electron chi connectivity index (χ1n) is 10.2. The molecule has 1 aliphatic rings. The summed E-state index contributed by atoms with van der Waals surface area (Å²) >= 11 is -2.12. The Morgan fingerprint density at radius 2 is 2.03 bits per heavy atom. The molecule has 32 heavy (non-hydrogen) atoms. The number of hydrogen-bond acceptors (Lipinski definition) is 8. The van der Waals surface area contributed by atoms with Gasteiger partial charge in [-0.15, -0.1) is 0 Å². The average Bonchev–Trinajstić information content (AvgIpc) is 3.45. The fourth-order valence-corrected chi connectivity index (χ4v) is 3.97. The highest BCUT2D eigenvalue weighted by atomic mass is 32.2. The van der Waals surface area contributed by atoms with Crippen molar-refractivity contribution in [1.82, 2.24) is 39.7 Å². The summed E-state index contributed by atoms with van der Waals surface area (Å²) in [5, 5.41) is 11.8. The standard InChI is InChI=1S/C20H22N8O3S/c29-32(30)23-11-14-8-15(17-12-28-18(24-17)2-1-3-22-28)10-16(9-14)20-25-19(31-26-20)13-27-6-4-21-5-7-27/h1-3,8-10,12,21,23H,4-7,11,13H2,(H,29,30). The van der Waals surface area contributed by atoms with Crippen LogP contribution in [0.15, 0.2) is 47.2 Å². The van der Waals surface area contributed by atoms with Crippen molar-refractivity contribution in [1.29, 1.82) is 0 Å². The maximum atomic E-state index is 11.1. The van der Waals surface area contributed by atoms with Crippen LogP contribution < -0.4 is 10.0 Å². The first-order chi connectivity index (χ1) is 15.6. The molecule has 1 aliphatic heterocycles. The summed E-state index contributed by atoms with van der Waals surface area (Å²) in [4.78, 5) is 11.5. The minimum absolute atomic E-state index is 0.195. The summed E-state index contributed by atoms with van der Waals surface area (Å²) in [7, 11) is 0. The van der Waals surface area contributed by atoms with Crippen LogP contribution in [0, 0.1) is 0 Å². The molecule has 0 bridgehead atoms. The van der Waals surface area contributed by atoms with E-state index in [1.165, 1.54) is 0 Å². The van der Waals surface area contributed by atoms with Crippen molar-refractivity contribution in [3.05, 3.63) is 54.2 Å². The van der Waals surface area contributed by atoms with Crippen molar-refractivity contribution < 1.29 is 13.3 Å². The minimum Gasteiger partial charge on any atom is -0.338 e. The zero-order valence-electron chi connectivity index (χ0n) is 17.1. The van der Waals surface area contributed by atoms with Gasteiger partial charge in [0.25, 0.3) is 0 Å². The fourth-order valence-electron chi connectivity index (χ4n) is 3.68. The predicted octanol–water partition coefficient (Wildman–Crippen LogP) is 1.08. The van der Waals surface area contributed by atoms with Gasteiger partial charge in [-0.3, -0.25) is 9.45 Å².